The van der Waals surface area contributed by atoms with Crippen molar-refractivity contribution in [2.24, 2.45) is 0 Å². The third-order valence-corrected chi connectivity index (χ3v) is 6.82. The lowest BCUT2D eigenvalue weighted by atomic mass is 9.90. The van der Waals surface area contributed by atoms with Crippen LogP contribution in [0.15, 0.2) is 28.7 Å². The number of carbonyl (C=O) groups is 1. The van der Waals surface area contributed by atoms with Crippen LogP contribution < -0.4 is 15.1 Å². The highest BCUT2D eigenvalue weighted by atomic mass is 79.9. The zero-order valence-corrected chi connectivity index (χ0v) is 19.7. The maximum Gasteiger partial charge on any atom is 0.412 e. The molecular formula is C23H30BrN5O2. The van der Waals surface area contributed by atoms with Gasteiger partial charge in [-0.05, 0) is 75.6 Å². The molecule has 0 atom stereocenters. The lowest BCUT2D eigenvalue weighted by Gasteiger charge is -2.35. The molecule has 31 heavy (non-hydrogen) atoms. The van der Waals surface area contributed by atoms with E-state index in [1.807, 2.05) is 38.4 Å². The van der Waals surface area contributed by atoms with E-state index in [0.29, 0.717) is 5.95 Å². The SMILES string of the molecule is CN(C)c1nc(NC2CCC(N(C(=O)O)c3ccc(Br)cc3)CC2)nc2c1CCCC2. The van der Waals surface area contributed by atoms with Crippen LogP contribution in [0.25, 0.3) is 0 Å². The van der Waals surface area contributed by atoms with Crippen molar-refractivity contribution in [3.05, 3.63) is 40.0 Å². The van der Waals surface area contributed by atoms with E-state index in [0.717, 1.165) is 54.5 Å². The summed E-state index contributed by atoms with van der Waals surface area (Å²) < 4.78 is 0.941. The van der Waals surface area contributed by atoms with Gasteiger partial charge in [-0.1, -0.05) is 15.9 Å². The van der Waals surface area contributed by atoms with E-state index in [2.05, 4.69) is 26.1 Å². The van der Waals surface area contributed by atoms with Gasteiger partial charge in [-0.3, -0.25) is 4.90 Å². The smallest absolute Gasteiger partial charge is 0.412 e. The Balaban J connectivity index is 1.44. The van der Waals surface area contributed by atoms with Gasteiger partial charge in [-0.25, -0.2) is 9.78 Å². The van der Waals surface area contributed by atoms with Gasteiger partial charge in [0.15, 0.2) is 0 Å². The van der Waals surface area contributed by atoms with Crippen LogP contribution in [0.2, 0.25) is 0 Å². The summed E-state index contributed by atoms with van der Waals surface area (Å²) in [6.07, 6.45) is 6.96. The van der Waals surface area contributed by atoms with Gasteiger partial charge in [0.25, 0.3) is 0 Å². The van der Waals surface area contributed by atoms with E-state index in [1.165, 1.54) is 29.0 Å². The first kappa shape index (κ1) is 21.9. The second-order valence-electron chi connectivity index (χ2n) is 8.68. The fraction of sp³-hybridized carbons (Fsp3) is 0.522. The summed E-state index contributed by atoms with van der Waals surface area (Å²) in [5.41, 5.74) is 3.19. The lowest BCUT2D eigenvalue weighted by molar-refractivity contribution is 0.196. The number of hydrogen-bond donors (Lipinski definition) is 2. The van der Waals surface area contributed by atoms with Crippen molar-refractivity contribution in [1.29, 1.82) is 0 Å². The second kappa shape index (κ2) is 9.42. The summed E-state index contributed by atoms with van der Waals surface area (Å²) in [6.45, 7) is 0. The molecule has 2 aliphatic rings. The first-order valence-corrected chi connectivity index (χ1v) is 11.8. The van der Waals surface area contributed by atoms with Crippen molar-refractivity contribution < 1.29 is 9.90 Å². The molecule has 0 radical (unpaired) electrons. The van der Waals surface area contributed by atoms with Gasteiger partial charge in [-0.2, -0.15) is 4.98 Å². The summed E-state index contributed by atoms with van der Waals surface area (Å²) in [4.78, 5) is 25.2. The van der Waals surface area contributed by atoms with E-state index in [9.17, 15) is 9.90 Å². The molecule has 8 heteroatoms. The molecule has 1 saturated carbocycles. The first-order valence-electron chi connectivity index (χ1n) is 11.0. The Labute approximate surface area is 192 Å². The molecule has 2 aromatic rings. The molecule has 7 nitrogen and oxygen atoms in total. The van der Waals surface area contributed by atoms with Crippen LogP contribution in [0.3, 0.4) is 0 Å². The quantitative estimate of drug-likeness (QED) is 0.610. The highest BCUT2D eigenvalue weighted by Crippen LogP contribution is 2.32. The van der Waals surface area contributed by atoms with Crippen LogP contribution in [-0.2, 0) is 12.8 Å². The van der Waals surface area contributed by atoms with Gasteiger partial charge in [0.2, 0.25) is 5.95 Å². The van der Waals surface area contributed by atoms with Crippen LogP contribution in [0, 0.1) is 0 Å². The van der Waals surface area contributed by atoms with Crippen molar-refractivity contribution in [2.75, 3.05) is 29.2 Å². The number of benzene rings is 1. The van der Waals surface area contributed by atoms with Crippen molar-refractivity contribution in [1.82, 2.24) is 9.97 Å². The molecule has 0 unspecified atom stereocenters. The number of halogens is 1. The molecule has 1 heterocycles. The summed E-state index contributed by atoms with van der Waals surface area (Å²) in [6, 6.07) is 7.72. The number of fused-ring (bicyclic) bond motifs is 1. The third kappa shape index (κ3) is 4.95. The molecule has 1 amide bonds. The normalized spacial score (nSPS) is 20.6. The maximum atomic E-state index is 12.0. The average Bonchev–Trinajstić information content (AvgIpc) is 2.75. The van der Waals surface area contributed by atoms with E-state index in [4.69, 9.17) is 9.97 Å². The van der Waals surface area contributed by atoms with E-state index in [1.54, 1.807) is 0 Å². The number of hydrogen-bond acceptors (Lipinski definition) is 5. The molecule has 166 valence electrons. The standard InChI is InChI=1S/C23H30BrN5O2/c1-28(2)21-19-5-3-4-6-20(19)26-22(27-21)25-16-9-13-18(14-10-16)29(23(30)31)17-11-7-15(24)8-12-17/h7-8,11-12,16,18H,3-6,9-10,13-14H2,1-2H3,(H,30,31)(H,25,26,27). The third-order valence-electron chi connectivity index (χ3n) is 6.29. The van der Waals surface area contributed by atoms with Crippen molar-refractivity contribution in [3.8, 4) is 0 Å². The molecule has 0 spiro atoms. The van der Waals surface area contributed by atoms with Crippen LogP contribution >= 0.6 is 15.9 Å². The van der Waals surface area contributed by atoms with Gasteiger partial charge in [0.1, 0.15) is 5.82 Å². The van der Waals surface area contributed by atoms with Crippen molar-refractivity contribution in [2.45, 2.75) is 63.5 Å². The molecule has 1 aromatic carbocycles. The molecule has 4 rings (SSSR count). The summed E-state index contributed by atoms with van der Waals surface area (Å²) in [7, 11) is 4.07. The Kier molecular flexibility index (Phi) is 6.65. The number of carboxylic acid groups (broad SMARTS) is 1. The van der Waals surface area contributed by atoms with Gasteiger partial charge in [-0.15, -0.1) is 0 Å². The maximum absolute atomic E-state index is 12.0. The fourth-order valence-corrected chi connectivity index (χ4v) is 5.01. The summed E-state index contributed by atoms with van der Waals surface area (Å²) in [5.74, 6) is 1.73. The minimum Gasteiger partial charge on any atom is -0.465 e. The Morgan fingerprint density at radius 1 is 1.06 bits per heavy atom. The number of aromatic nitrogens is 2. The number of nitrogens with zero attached hydrogens (tertiary/aromatic N) is 4. The second-order valence-corrected chi connectivity index (χ2v) is 9.59. The number of nitrogens with one attached hydrogen (secondary N) is 1. The molecule has 2 N–H and O–H groups in total. The number of aryl methyl sites for hydroxylation is 1. The highest BCUT2D eigenvalue weighted by Gasteiger charge is 2.30. The number of amides is 1. The van der Waals surface area contributed by atoms with Gasteiger partial charge in [0.05, 0.1) is 5.69 Å². The zero-order chi connectivity index (χ0) is 22.0. The van der Waals surface area contributed by atoms with Crippen LogP contribution in [0.4, 0.5) is 22.2 Å². The van der Waals surface area contributed by atoms with Crippen LogP contribution in [-0.4, -0.2) is 47.3 Å². The summed E-state index contributed by atoms with van der Waals surface area (Å²) in [5, 5.41) is 13.4. The monoisotopic (exact) mass is 487 g/mol. The van der Waals surface area contributed by atoms with Crippen molar-refractivity contribution in [3.63, 3.8) is 0 Å². The van der Waals surface area contributed by atoms with Gasteiger partial charge in [0, 0.05) is 41.9 Å². The minimum atomic E-state index is -0.896. The van der Waals surface area contributed by atoms with Crippen LogP contribution in [0.5, 0.6) is 0 Å². The van der Waals surface area contributed by atoms with E-state index >= 15 is 0 Å². The Hall–Kier alpha value is -2.35. The Bertz CT molecular complexity index is 926. The molecule has 0 aliphatic heterocycles. The Morgan fingerprint density at radius 2 is 1.74 bits per heavy atom. The minimum absolute atomic E-state index is 0.0153. The molecular weight excluding hydrogens is 458 g/mol. The van der Waals surface area contributed by atoms with Crippen LogP contribution in [0.1, 0.15) is 49.8 Å². The molecule has 1 aromatic heterocycles. The van der Waals surface area contributed by atoms with E-state index < -0.39 is 6.09 Å². The average molecular weight is 488 g/mol. The van der Waals surface area contributed by atoms with Crippen molar-refractivity contribution >= 4 is 39.5 Å². The van der Waals surface area contributed by atoms with Gasteiger partial charge >= 0.3 is 6.09 Å². The molecule has 0 bridgehead atoms. The largest absolute Gasteiger partial charge is 0.465 e. The summed E-state index contributed by atoms with van der Waals surface area (Å²) >= 11 is 3.41. The number of anilines is 3. The predicted molar refractivity (Wildman–Crippen MR) is 127 cm³/mol. The lowest BCUT2D eigenvalue weighted by Crippen LogP contribution is -2.43. The fourth-order valence-electron chi connectivity index (χ4n) is 4.75. The zero-order valence-electron chi connectivity index (χ0n) is 18.1. The predicted octanol–water partition coefficient (Wildman–Crippen LogP) is 5.09. The first-order chi connectivity index (χ1) is 14.9. The topological polar surface area (TPSA) is 81.6 Å². The highest BCUT2D eigenvalue weighted by molar-refractivity contribution is 9.10. The molecule has 0 saturated heterocycles. The Morgan fingerprint density at radius 3 is 2.39 bits per heavy atom. The van der Waals surface area contributed by atoms with E-state index in [-0.39, 0.29) is 12.1 Å². The molecule has 2 aliphatic carbocycles. The molecule has 1 fully saturated rings. The van der Waals surface area contributed by atoms with Gasteiger partial charge < -0.3 is 15.3 Å². The number of rotatable bonds is 5.